The Morgan fingerprint density at radius 2 is 2.04 bits per heavy atom. The first-order valence-electron chi connectivity index (χ1n) is 8.99. The lowest BCUT2D eigenvalue weighted by Gasteiger charge is -2.13. The summed E-state index contributed by atoms with van der Waals surface area (Å²) in [6.45, 7) is 7.88. The van der Waals surface area contributed by atoms with Gasteiger partial charge in [0.15, 0.2) is 0 Å². The van der Waals surface area contributed by atoms with E-state index >= 15 is 0 Å². The second kappa shape index (κ2) is 7.96. The number of aromatic nitrogens is 1. The van der Waals surface area contributed by atoms with Crippen LogP contribution in [0.3, 0.4) is 0 Å². The minimum Gasteiger partial charge on any atom is -0.496 e. The predicted molar refractivity (Wildman–Crippen MR) is 108 cm³/mol. The van der Waals surface area contributed by atoms with E-state index in [1.54, 1.807) is 18.4 Å². The summed E-state index contributed by atoms with van der Waals surface area (Å²) < 4.78 is 8.71. The van der Waals surface area contributed by atoms with Gasteiger partial charge in [-0.15, -0.1) is 11.3 Å². The highest BCUT2D eigenvalue weighted by atomic mass is 32.1. The van der Waals surface area contributed by atoms with Crippen molar-refractivity contribution in [3.05, 3.63) is 52.5 Å². The van der Waals surface area contributed by atoms with Crippen molar-refractivity contribution in [3.63, 3.8) is 0 Å². The maximum Gasteiger partial charge on any atom is 0.267 e. The molecular weight excluding hydrogens is 344 g/mol. The van der Waals surface area contributed by atoms with Gasteiger partial charge in [0.05, 0.1) is 17.3 Å². The topological polar surface area (TPSA) is 43.3 Å². The van der Waals surface area contributed by atoms with Crippen LogP contribution in [-0.2, 0) is 13.0 Å². The summed E-state index contributed by atoms with van der Waals surface area (Å²) in [4.78, 5) is 14.1. The van der Waals surface area contributed by atoms with Gasteiger partial charge in [-0.25, -0.2) is 0 Å². The molecule has 0 aliphatic heterocycles. The normalized spacial score (nSPS) is 11.3. The van der Waals surface area contributed by atoms with Crippen LogP contribution in [0, 0.1) is 12.8 Å². The van der Waals surface area contributed by atoms with E-state index in [4.69, 9.17) is 4.74 Å². The van der Waals surface area contributed by atoms with Gasteiger partial charge in [-0.3, -0.25) is 4.79 Å². The van der Waals surface area contributed by atoms with Crippen molar-refractivity contribution in [2.24, 2.45) is 5.92 Å². The minimum atomic E-state index is -0.0124. The van der Waals surface area contributed by atoms with Crippen molar-refractivity contribution in [3.8, 4) is 5.75 Å². The Bertz CT molecular complexity index is 908. The third-order valence-corrected chi connectivity index (χ3v) is 5.35. The summed E-state index contributed by atoms with van der Waals surface area (Å²) >= 11 is 1.74. The zero-order valence-corrected chi connectivity index (χ0v) is 16.7. The summed E-state index contributed by atoms with van der Waals surface area (Å²) in [6.07, 6.45) is 0.744. The summed E-state index contributed by atoms with van der Waals surface area (Å²) in [6, 6.07) is 12.1. The van der Waals surface area contributed by atoms with E-state index in [1.807, 2.05) is 30.3 Å². The number of hydrogen-bond donors (Lipinski definition) is 1. The molecule has 0 radical (unpaired) electrons. The number of aryl methyl sites for hydroxylation is 1. The van der Waals surface area contributed by atoms with Gasteiger partial charge in [-0.1, -0.05) is 32.0 Å². The number of thiophene rings is 1. The average Bonchev–Trinajstić information content (AvgIpc) is 3.12. The molecule has 2 heterocycles. The number of amides is 1. The fourth-order valence-corrected chi connectivity index (χ4v) is 4.19. The molecule has 138 valence electrons. The van der Waals surface area contributed by atoms with Crippen LogP contribution in [0.4, 0.5) is 0 Å². The molecule has 0 aliphatic carbocycles. The second-order valence-corrected chi connectivity index (χ2v) is 8.25. The number of rotatable bonds is 7. The zero-order valence-electron chi connectivity index (χ0n) is 15.8. The maximum atomic E-state index is 12.8. The van der Waals surface area contributed by atoms with Gasteiger partial charge in [0.25, 0.3) is 5.91 Å². The molecule has 2 aromatic heterocycles. The number of para-hydroxylation sites is 1. The molecule has 3 rings (SSSR count). The molecule has 0 bridgehead atoms. The number of carbonyl (C=O) groups is 1. The number of hydrogen-bond acceptors (Lipinski definition) is 3. The SMILES string of the molecule is COc1ccccc1CCNC(=O)c1cc2sc(C)cc2n1CC(C)C. The highest BCUT2D eigenvalue weighted by Crippen LogP contribution is 2.29. The van der Waals surface area contributed by atoms with Crippen LogP contribution in [0.2, 0.25) is 0 Å². The van der Waals surface area contributed by atoms with E-state index in [0.717, 1.165) is 35.5 Å². The van der Waals surface area contributed by atoms with Gasteiger partial charge in [-0.2, -0.15) is 0 Å². The molecule has 1 amide bonds. The molecule has 0 spiro atoms. The molecule has 1 aromatic carbocycles. The monoisotopic (exact) mass is 370 g/mol. The minimum absolute atomic E-state index is 0.0124. The summed E-state index contributed by atoms with van der Waals surface area (Å²) in [5.74, 6) is 1.33. The number of nitrogens with one attached hydrogen (secondary N) is 1. The van der Waals surface area contributed by atoms with Crippen molar-refractivity contribution >= 4 is 27.5 Å². The molecule has 5 heteroatoms. The first kappa shape index (κ1) is 18.5. The molecular formula is C21H26N2O2S. The first-order valence-corrected chi connectivity index (χ1v) is 9.81. The van der Waals surface area contributed by atoms with Crippen molar-refractivity contribution in [2.75, 3.05) is 13.7 Å². The Morgan fingerprint density at radius 1 is 1.27 bits per heavy atom. The van der Waals surface area contributed by atoms with Crippen LogP contribution >= 0.6 is 11.3 Å². The summed E-state index contributed by atoms with van der Waals surface area (Å²) in [5, 5.41) is 3.07. The van der Waals surface area contributed by atoms with Crippen LogP contribution in [0.5, 0.6) is 5.75 Å². The van der Waals surface area contributed by atoms with Gasteiger partial charge in [0.1, 0.15) is 11.4 Å². The molecule has 0 aliphatic rings. The predicted octanol–water partition coefficient (Wildman–Crippen LogP) is 4.65. The molecule has 0 saturated carbocycles. The van der Waals surface area contributed by atoms with Gasteiger partial charge >= 0.3 is 0 Å². The molecule has 0 atom stereocenters. The highest BCUT2D eigenvalue weighted by molar-refractivity contribution is 7.19. The molecule has 0 unspecified atom stereocenters. The molecule has 0 fully saturated rings. The average molecular weight is 371 g/mol. The Hall–Kier alpha value is -2.27. The van der Waals surface area contributed by atoms with Crippen LogP contribution < -0.4 is 10.1 Å². The van der Waals surface area contributed by atoms with E-state index in [-0.39, 0.29) is 5.91 Å². The summed E-state index contributed by atoms with van der Waals surface area (Å²) in [5.41, 5.74) is 3.01. The number of benzene rings is 1. The van der Waals surface area contributed by atoms with Crippen LogP contribution in [0.1, 0.15) is 34.8 Å². The van der Waals surface area contributed by atoms with E-state index in [0.29, 0.717) is 12.5 Å². The van der Waals surface area contributed by atoms with Crippen molar-refractivity contribution in [1.82, 2.24) is 9.88 Å². The van der Waals surface area contributed by atoms with E-state index in [2.05, 4.69) is 36.7 Å². The van der Waals surface area contributed by atoms with Crippen molar-refractivity contribution in [2.45, 2.75) is 33.7 Å². The number of ether oxygens (including phenoxy) is 1. The highest BCUT2D eigenvalue weighted by Gasteiger charge is 2.18. The fourth-order valence-electron chi connectivity index (χ4n) is 3.23. The second-order valence-electron chi connectivity index (χ2n) is 6.96. The largest absolute Gasteiger partial charge is 0.496 e. The first-order chi connectivity index (χ1) is 12.5. The zero-order chi connectivity index (χ0) is 18.7. The lowest BCUT2D eigenvalue weighted by molar-refractivity contribution is 0.0944. The molecule has 1 N–H and O–H groups in total. The number of carbonyl (C=O) groups excluding carboxylic acids is 1. The molecule has 26 heavy (non-hydrogen) atoms. The van der Waals surface area contributed by atoms with Gasteiger partial charge in [0.2, 0.25) is 0 Å². The number of nitrogens with zero attached hydrogens (tertiary/aromatic N) is 1. The molecule has 4 nitrogen and oxygen atoms in total. The van der Waals surface area contributed by atoms with Gasteiger partial charge in [-0.05, 0) is 43.0 Å². The van der Waals surface area contributed by atoms with E-state index in [9.17, 15) is 4.79 Å². The van der Waals surface area contributed by atoms with Crippen molar-refractivity contribution < 1.29 is 9.53 Å². The summed E-state index contributed by atoms with van der Waals surface area (Å²) in [7, 11) is 1.67. The van der Waals surface area contributed by atoms with Crippen LogP contribution in [0.15, 0.2) is 36.4 Å². The lowest BCUT2D eigenvalue weighted by Crippen LogP contribution is -2.28. The maximum absolute atomic E-state index is 12.8. The van der Waals surface area contributed by atoms with E-state index < -0.39 is 0 Å². The lowest BCUT2D eigenvalue weighted by atomic mass is 10.1. The van der Waals surface area contributed by atoms with Crippen LogP contribution in [-0.4, -0.2) is 24.1 Å². The number of fused-ring (bicyclic) bond motifs is 1. The van der Waals surface area contributed by atoms with Crippen molar-refractivity contribution in [1.29, 1.82) is 0 Å². The Balaban J connectivity index is 1.74. The van der Waals surface area contributed by atoms with E-state index in [1.165, 1.54) is 9.58 Å². The third-order valence-electron chi connectivity index (χ3n) is 4.37. The molecule has 3 aromatic rings. The standard InChI is InChI=1S/C21H26N2O2S/c1-14(2)13-23-17-11-15(3)26-20(17)12-18(23)21(24)22-10-9-16-7-5-6-8-19(16)25-4/h5-8,11-12,14H,9-10,13H2,1-4H3,(H,22,24). The van der Waals surface area contributed by atoms with Gasteiger partial charge in [0, 0.05) is 18.0 Å². The third kappa shape index (κ3) is 3.93. The smallest absolute Gasteiger partial charge is 0.267 e. The van der Waals surface area contributed by atoms with Gasteiger partial charge < -0.3 is 14.6 Å². The Labute approximate surface area is 158 Å². The Kier molecular flexibility index (Phi) is 5.67. The fraction of sp³-hybridized carbons (Fsp3) is 0.381. The quantitative estimate of drug-likeness (QED) is 0.658. The van der Waals surface area contributed by atoms with Crippen LogP contribution in [0.25, 0.3) is 10.2 Å². The molecule has 0 saturated heterocycles. The Morgan fingerprint density at radius 3 is 2.77 bits per heavy atom. The number of methoxy groups -OCH3 is 1.